The highest BCUT2D eigenvalue weighted by Crippen LogP contribution is 2.31. The van der Waals surface area contributed by atoms with Crippen LogP contribution in [0.1, 0.15) is 37.6 Å². The summed E-state index contributed by atoms with van der Waals surface area (Å²) in [7, 11) is 0. The number of esters is 1. The molecule has 1 aliphatic heterocycles. The van der Waals surface area contributed by atoms with Crippen molar-refractivity contribution >= 4 is 11.8 Å². The Morgan fingerprint density at radius 1 is 1.44 bits per heavy atom. The Hall–Kier alpha value is -1.84. The van der Waals surface area contributed by atoms with Gasteiger partial charge in [-0.3, -0.25) is 9.59 Å². The first-order valence-electron chi connectivity index (χ1n) is 5.96. The molecular formula is C14H16O4. The van der Waals surface area contributed by atoms with Crippen molar-refractivity contribution in [2.24, 2.45) is 5.41 Å². The van der Waals surface area contributed by atoms with Crippen molar-refractivity contribution in [3.8, 4) is 11.5 Å². The molecule has 0 aromatic heterocycles. The van der Waals surface area contributed by atoms with E-state index in [1.54, 1.807) is 18.2 Å². The van der Waals surface area contributed by atoms with Crippen LogP contribution in [-0.4, -0.2) is 18.4 Å². The average Bonchev–Trinajstić information content (AvgIpc) is 2.70. The molecule has 0 amide bonds. The van der Waals surface area contributed by atoms with Crippen LogP contribution in [-0.2, 0) is 4.79 Å². The Morgan fingerprint density at radius 2 is 2.17 bits per heavy atom. The van der Waals surface area contributed by atoms with Gasteiger partial charge in [-0.2, -0.15) is 0 Å². The molecule has 0 aliphatic carbocycles. The molecule has 0 radical (unpaired) electrons. The quantitative estimate of drug-likeness (QED) is 0.609. The van der Waals surface area contributed by atoms with E-state index in [2.05, 4.69) is 0 Å². The number of Topliss-reactive ketones (excluding diaryl/α,β-unsaturated/α-hetero) is 1. The van der Waals surface area contributed by atoms with Gasteiger partial charge in [-0.05, 0) is 32.4 Å². The lowest BCUT2D eigenvalue weighted by Crippen LogP contribution is -2.28. The molecule has 1 aliphatic rings. The molecule has 0 saturated heterocycles. The fraction of sp³-hybridized carbons (Fsp3) is 0.429. The van der Waals surface area contributed by atoms with Crippen LogP contribution in [0.25, 0.3) is 0 Å². The van der Waals surface area contributed by atoms with Crippen LogP contribution in [0.3, 0.4) is 0 Å². The third-order valence-corrected chi connectivity index (χ3v) is 3.26. The first kappa shape index (κ1) is 12.6. The van der Waals surface area contributed by atoms with Gasteiger partial charge in [0, 0.05) is 6.07 Å². The Bertz CT molecular complexity index is 503. The van der Waals surface area contributed by atoms with Crippen LogP contribution in [0.15, 0.2) is 18.2 Å². The van der Waals surface area contributed by atoms with E-state index in [-0.39, 0.29) is 18.4 Å². The molecule has 0 unspecified atom stereocenters. The van der Waals surface area contributed by atoms with Crippen LogP contribution < -0.4 is 9.47 Å². The summed E-state index contributed by atoms with van der Waals surface area (Å²) in [4.78, 5) is 23.3. The molecule has 1 aromatic carbocycles. The zero-order chi connectivity index (χ0) is 13.3. The molecule has 1 aromatic rings. The summed E-state index contributed by atoms with van der Waals surface area (Å²) >= 11 is 0. The van der Waals surface area contributed by atoms with E-state index in [0.29, 0.717) is 23.5 Å². The molecule has 96 valence electrons. The number of hydrogen-bond acceptors (Lipinski definition) is 4. The van der Waals surface area contributed by atoms with Gasteiger partial charge < -0.3 is 9.47 Å². The van der Waals surface area contributed by atoms with Gasteiger partial charge in [-0.1, -0.05) is 6.92 Å². The lowest BCUT2D eigenvalue weighted by Gasteiger charge is -2.20. The monoisotopic (exact) mass is 248 g/mol. The minimum atomic E-state index is -0.518. The SMILES string of the molecule is CCC(C)(C)C(=O)Oc1ccc2c(c1)OCC2=O. The fourth-order valence-electron chi connectivity index (χ4n) is 1.53. The third-order valence-electron chi connectivity index (χ3n) is 3.26. The van der Waals surface area contributed by atoms with E-state index >= 15 is 0 Å². The number of ketones is 1. The Morgan fingerprint density at radius 3 is 2.83 bits per heavy atom. The van der Waals surface area contributed by atoms with Crippen LogP contribution in [0.5, 0.6) is 11.5 Å². The van der Waals surface area contributed by atoms with E-state index < -0.39 is 5.41 Å². The van der Waals surface area contributed by atoms with Crippen LogP contribution >= 0.6 is 0 Å². The second kappa shape index (κ2) is 4.44. The standard InChI is InChI=1S/C14H16O4/c1-4-14(2,3)13(16)18-9-5-6-10-11(15)8-17-12(10)7-9/h5-7H,4,8H2,1-3H3. The van der Waals surface area contributed by atoms with Gasteiger partial charge in [0.25, 0.3) is 0 Å². The predicted molar refractivity (Wildman–Crippen MR) is 66.0 cm³/mol. The second-order valence-corrected chi connectivity index (χ2v) is 5.00. The van der Waals surface area contributed by atoms with Crippen LogP contribution in [0.2, 0.25) is 0 Å². The van der Waals surface area contributed by atoms with Crippen molar-refractivity contribution in [3.05, 3.63) is 23.8 Å². The minimum Gasteiger partial charge on any atom is -0.485 e. The predicted octanol–water partition coefficient (Wildman–Crippen LogP) is 2.60. The van der Waals surface area contributed by atoms with Gasteiger partial charge in [0.2, 0.25) is 5.78 Å². The number of benzene rings is 1. The molecule has 4 nitrogen and oxygen atoms in total. The summed E-state index contributed by atoms with van der Waals surface area (Å²) in [5.74, 6) is 0.570. The summed E-state index contributed by atoms with van der Waals surface area (Å²) in [6.07, 6.45) is 0.700. The zero-order valence-corrected chi connectivity index (χ0v) is 10.8. The number of ether oxygens (including phenoxy) is 2. The lowest BCUT2D eigenvalue weighted by atomic mass is 9.91. The lowest BCUT2D eigenvalue weighted by molar-refractivity contribution is -0.144. The molecule has 18 heavy (non-hydrogen) atoms. The molecule has 0 spiro atoms. The molecule has 4 heteroatoms. The Balaban J connectivity index is 2.17. The maximum absolute atomic E-state index is 11.9. The first-order valence-corrected chi connectivity index (χ1v) is 5.96. The number of carbonyl (C=O) groups excluding carboxylic acids is 2. The Kier molecular flexibility index (Phi) is 3.11. The largest absolute Gasteiger partial charge is 0.485 e. The van der Waals surface area contributed by atoms with Gasteiger partial charge in [-0.25, -0.2) is 0 Å². The number of fused-ring (bicyclic) bond motifs is 1. The van der Waals surface area contributed by atoms with E-state index in [9.17, 15) is 9.59 Å². The van der Waals surface area contributed by atoms with Crippen LogP contribution in [0, 0.1) is 5.41 Å². The highest BCUT2D eigenvalue weighted by Gasteiger charge is 2.28. The average molecular weight is 248 g/mol. The summed E-state index contributed by atoms with van der Waals surface area (Å²) < 4.78 is 10.5. The Labute approximate surface area is 106 Å². The van der Waals surface area contributed by atoms with E-state index in [1.807, 2.05) is 20.8 Å². The van der Waals surface area contributed by atoms with E-state index in [0.717, 1.165) is 0 Å². The number of hydrogen-bond donors (Lipinski definition) is 0. The highest BCUT2D eigenvalue weighted by molar-refractivity contribution is 6.02. The molecule has 0 bridgehead atoms. The molecule has 0 saturated carbocycles. The van der Waals surface area contributed by atoms with Gasteiger partial charge in [0.15, 0.2) is 6.61 Å². The number of rotatable bonds is 3. The highest BCUT2D eigenvalue weighted by atomic mass is 16.5. The second-order valence-electron chi connectivity index (χ2n) is 5.00. The molecule has 2 rings (SSSR count). The molecule has 1 heterocycles. The van der Waals surface area contributed by atoms with E-state index in [1.165, 1.54) is 0 Å². The molecular weight excluding hydrogens is 232 g/mol. The first-order chi connectivity index (χ1) is 8.44. The summed E-state index contributed by atoms with van der Waals surface area (Å²) in [5.41, 5.74) is 0.0277. The molecule has 0 N–H and O–H groups in total. The molecule has 0 atom stereocenters. The maximum atomic E-state index is 11.9. The van der Waals surface area contributed by atoms with Crippen molar-refractivity contribution in [1.29, 1.82) is 0 Å². The zero-order valence-electron chi connectivity index (χ0n) is 10.8. The third kappa shape index (κ3) is 2.23. The smallest absolute Gasteiger partial charge is 0.316 e. The van der Waals surface area contributed by atoms with Crippen molar-refractivity contribution in [2.45, 2.75) is 27.2 Å². The van der Waals surface area contributed by atoms with Gasteiger partial charge >= 0.3 is 5.97 Å². The number of carbonyl (C=O) groups is 2. The van der Waals surface area contributed by atoms with E-state index in [4.69, 9.17) is 9.47 Å². The van der Waals surface area contributed by atoms with Gasteiger partial charge in [0.1, 0.15) is 11.5 Å². The van der Waals surface area contributed by atoms with Crippen molar-refractivity contribution < 1.29 is 19.1 Å². The minimum absolute atomic E-state index is 0.0447. The van der Waals surface area contributed by atoms with Crippen molar-refractivity contribution in [2.75, 3.05) is 6.61 Å². The maximum Gasteiger partial charge on any atom is 0.316 e. The van der Waals surface area contributed by atoms with Crippen LogP contribution in [0.4, 0.5) is 0 Å². The topological polar surface area (TPSA) is 52.6 Å². The van der Waals surface area contributed by atoms with Gasteiger partial charge in [-0.15, -0.1) is 0 Å². The summed E-state index contributed by atoms with van der Waals surface area (Å²) in [6.45, 7) is 5.67. The summed E-state index contributed by atoms with van der Waals surface area (Å²) in [6, 6.07) is 4.84. The van der Waals surface area contributed by atoms with Gasteiger partial charge in [0.05, 0.1) is 11.0 Å². The fourth-order valence-corrected chi connectivity index (χ4v) is 1.53. The van der Waals surface area contributed by atoms with Crippen molar-refractivity contribution in [1.82, 2.24) is 0 Å². The summed E-state index contributed by atoms with van der Waals surface area (Å²) in [5, 5.41) is 0. The molecule has 0 fully saturated rings. The normalized spacial score (nSPS) is 14.1. The van der Waals surface area contributed by atoms with Crippen molar-refractivity contribution in [3.63, 3.8) is 0 Å².